The molecule has 1 aromatic carbocycles. The number of carbonyl (C=O) groups excluding carboxylic acids is 3. The lowest BCUT2D eigenvalue weighted by Crippen LogP contribution is -2.53. The highest BCUT2D eigenvalue weighted by molar-refractivity contribution is 6.03. The predicted molar refractivity (Wildman–Crippen MR) is 97.0 cm³/mol. The molecule has 0 radical (unpaired) electrons. The topological polar surface area (TPSA) is 81.8 Å². The Morgan fingerprint density at radius 2 is 1.96 bits per heavy atom. The van der Waals surface area contributed by atoms with E-state index in [9.17, 15) is 18.8 Å². The number of hydrogen-bond donors (Lipinski definition) is 2. The molecular weight excluding hydrogens is 363 g/mol. The van der Waals surface area contributed by atoms with Gasteiger partial charge in [-0.15, -0.1) is 12.4 Å². The van der Waals surface area contributed by atoms with Gasteiger partial charge in [-0.05, 0) is 24.6 Å². The van der Waals surface area contributed by atoms with E-state index in [0.29, 0.717) is 0 Å². The summed E-state index contributed by atoms with van der Waals surface area (Å²) in [5, 5.41) is 5.76. The van der Waals surface area contributed by atoms with Crippen molar-refractivity contribution in [2.24, 2.45) is 0 Å². The Morgan fingerprint density at radius 3 is 2.62 bits per heavy atom. The molecule has 3 rings (SSSR count). The first kappa shape index (κ1) is 20.1. The van der Waals surface area contributed by atoms with E-state index >= 15 is 0 Å². The van der Waals surface area contributed by atoms with Gasteiger partial charge in [0.15, 0.2) is 0 Å². The minimum Gasteiger partial charge on any atom is -0.369 e. The van der Waals surface area contributed by atoms with Crippen LogP contribution in [0.5, 0.6) is 0 Å². The average Bonchev–Trinajstić information content (AvgIpc) is 2.62. The first-order valence-corrected chi connectivity index (χ1v) is 8.34. The molecular formula is C17H22ClFN4O3. The smallest absolute Gasteiger partial charge is 0.254 e. The number of nitrogens with one attached hydrogen (secondary N) is 2. The lowest BCUT2D eigenvalue weighted by molar-refractivity contribution is -0.147. The molecule has 1 aromatic rings. The van der Waals surface area contributed by atoms with Gasteiger partial charge in [0.25, 0.3) is 11.8 Å². The highest BCUT2D eigenvalue weighted by atomic mass is 35.5. The van der Waals surface area contributed by atoms with E-state index in [-0.39, 0.29) is 36.7 Å². The summed E-state index contributed by atoms with van der Waals surface area (Å²) in [5.41, 5.74) is 0.626. The lowest BCUT2D eigenvalue weighted by Gasteiger charge is -2.30. The molecule has 0 spiro atoms. The van der Waals surface area contributed by atoms with Gasteiger partial charge in [-0.2, -0.15) is 0 Å². The van der Waals surface area contributed by atoms with Crippen LogP contribution in [-0.2, 0) is 9.59 Å². The molecule has 26 heavy (non-hydrogen) atoms. The summed E-state index contributed by atoms with van der Waals surface area (Å²) in [7, 11) is 1.38. The number of rotatable bonds is 3. The Hall–Kier alpha value is -2.19. The van der Waals surface area contributed by atoms with Crippen LogP contribution in [0.1, 0.15) is 23.2 Å². The SMILES string of the molecule is CN1C(=O)CCC(NC(=O)c2ccc(N3CCNCC3)cc2F)C1=O.Cl. The van der Waals surface area contributed by atoms with Gasteiger partial charge in [-0.25, -0.2) is 4.39 Å². The van der Waals surface area contributed by atoms with Crippen molar-refractivity contribution in [3.05, 3.63) is 29.6 Å². The zero-order valence-electron chi connectivity index (χ0n) is 14.5. The van der Waals surface area contributed by atoms with Crippen molar-refractivity contribution in [1.29, 1.82) is 0 Å². The molecule has 2 aliphatic rings. The van der Waals surface area contributed by atoms with Crippen LogP contribution in [0.2, 0.25) is 0 Å². The zero-order valence-corrected chi connectivity index (χ0v) is 15.3. The molecule has 2 N–H and O–H groups in total. The van der Waals surface area contributed by atoms with Crippen molar-refractivity contribution in [2.75, 3.05) is 38.1 Å². The van der Waals surface area contributed by atoms with E-state index in [4.69, 9.17) is 0 Å². The third kappa shape index (κ3) is 4.13. The van der Waals surface area contributed by atoms with E-state index in [0.717, 1.165) is 36.8 Å². The molecule has 1 unspecified atom stereocenters. The first-order chi connectivity index (χ1) is 12.0. The number of halogens is 2. The van der Waals surface area contributed by atoms with Gasteiger partial charge in [-0.1, -0.05) is 0 Å². The fraction of sp³-hybridized carbons (Fsp3) is 0.471. The second-order valence-corrected chi connectivity index (χ2v) is 6.26. The maximum Gasteiger partial charge on any atom is 0.254 e. The van der Waals surface area contributed by atoms with Crippen LogP contribution in [0.25, 0.3) is 0 Å². The highest BCUT2D eigenvalue weighted by Gasteiger charge is 2.33. The average molecular weight is 385 g/mol. The fourth-order valence-electron chi connectivity index (χ4n) is 3.09. The van der Waals surface area contributed by atoms with Gasteiger partial charge in [-0.3, -0.25) is 19.3 Å². The molecule has 0 aromatic heterocycles. The normalized spacial score (nSPS) is 20.6. The summed E-state index contributed by atoms with van der Waals surface area (Å²) in [4.78, 5) is 38.9. The number of piperidine rings is 1. The highest BCUT2D eigenvalue weighted by Crippen LogP contribution is 2.20. The number of nitrogens with zero attached hydrogens (tertiary/aromatic N) is 2. The molecule has 9 heteroatoms. The second kappa shape index (κ2) is 8.46. The monoisotopic (exact) mass is 384 g/mol. The van der Waals surface area contributed by atoms with Crippen LogP contribution < -0.4 is 15.5 Å². The second-order valence-electron chi connectivity index (χ2n) is 6.26. The Morgan fingerprint density at radius 1 is 1.27 bits per heavy atom. The molecule has 2 fully saturated rings. The molecule has 1 atom stereocenters. The van der Waals surface area contributed by atoms with Gasteiger partial charge >= 0.3 is 0 Å². The summed E-state index contributed by atoms with van der Waals surface area (Å²) in [6.07, 6.45) is 0.409. The number of carbonyl (C=O) groups is 3. The third-order valence-corrected chi connectivity index (χ3v) is 4.63. The van der Waals surface area contributed by atoms with Gasteiger partial charge in [0.2, 0.25) is 5.91 Å². The minimum atomic E-state index is -0.803. The number of hydrogen-bond acceptors (Lipinski definition) is 5. The number of likely N-dealkylation sites (N-methyl/N-ethyl adjacent to an activating group) is 1. The van der Waals surface area contributed by atoms with Crippen LogP contribution in [0.4, 0.5) is 10.1 Å². The number of benzene rings is 1. The Balaban J connectivity index is 0.00000243. The van der Waals surface area contributed by atoms with Gasteiger partial charge in [0.1, 0.15) is 11.9 Å². The molecule has 2 heterocycles. The third-order valence-electron chi connectivity index (χ3n) is 4.63. The van der Waals surface area contributed by atoms with Gasteiger partial charge < -0.3 is 15.5 Å². The molecule has 142 valence electrons. The molecule has 2 saturated heterocycles. The van der Waals surface area contributed by atoms with E-state index < -0.39 is 23.7 Å². The summed E-state index contributed by atoms with van der Waals surface area (Å²) in [6, 6.07) is 3.69. The Labute approximate surface area is 157 Å². The maximum absolute atomic E-state index is 14.4. The number of anilines is 1. The lowest BCUT2D eigenvalue weighted by atomic mass is 10.0. The molecule has 2 aliphatic heterocycles. The first-order valence-electron chi connectivity index (χ1n) is 8.34. The molecule has 3 amide bonds. The number of piperazine rings is 1. The summed E-state index contributed by atoms with van der Waals surface area (Å²) in [6.45, 7) is 3.23. The van der Waals surface area contributed by atoms with Crippen molar-refractivity contribution in [3.8, 4) is 0 Å². The molecule has 0 saturated carbocycles. The summed E-state index contributed by atoms with van der Waals surface area (Å²) < 4.78 is 14.4. The fourth-order valence-corrected chi connectivity index (χ4v) is 3.09. The van der Waals surface area contributed by atoms with E-state index in [1.165, 1.54) is 19.2 Å². The summed E-state index contributed by atoms with van der Waals surface area (Å²) >= 11 is 0. The van der Waals surface area contributed by atoms with Crippen LogP contribution in [0, 0.1) is 5.82 Å². The standard InChI is InChI=1S/C17H21FN4O3.ClH/c1-21-15(23)5-4-14(17(21)25)20-16(24)12-3-2-11(10-13(12)18)22-8-6-19-7-9-22;/h2-3,10,14,19H,4-9H2,1H3,(H,20,24);1H. The Bertz CT molecular complexity index is 709. The van der Waals surface area contributed by atoms with Crippen LogP contribution in [0.15, 0.2) is 18.2 Å². The molecule has 0 bridgehead atoms. The largest absolute Gasteiger partial charge is 0.369 e. The molecule has 0 aliphatic carbocycles. The van der Waals surface area contributed by atoms with Crippen molar-refractivity contribution in [1.82, 2.24) is 15.5 Å². The van der Waals surface area contributed by atoms with Crippen molar-refractivity contribution < 1.29 is 18.8 Å². The number of amides is 3. The van der Waals surface area contributed by atoms with Gasteiger partial charge in [0, 0.05) is 45.3 Å². The van der Waals surface area contributed by atoms with E-state index in [1.807, 2.05) is 4.90 Å². The van der Waals surface area contributed by atoms with Crippen LogP contribution >= 0.6 is 12.4 Å². The van der Waals surface area contributed by atoms with Crippen molar-refractivity contribution in [3.63, 3.8) is 0 Å². The number of likely N-dealkylation sites (tertiary alicyclic amines) is 1. The van der Waals surface area contributed by atoms with Crippen LogP contribution in [0.3, 0.4) is 0 Å². The van der Waals surface area contributed by atoms with Crippen molar-refractivity contribution in [2.45, 2.75) is 18.9 Å². The maximum atomic E-state index is 14.4. The summed E-state index contributed by atoms with van der Waals surface area (Å²) in [5.74, 6) is -2.02. The van der Waals surface area contributed by atoms with Crippen LogP contribution in [-0.4, -0.2) is 61.9 Å². The Kier molecular flexibility index (Phi) is 6.55. The van der Waals surface area contributed by atoms with Crippen molar-refractivity contribution >= 4 is 35.8 Å². The minimum absolute atomic E-state index is 0. The quantitative estimate of drug-likeness (QED) is 0.743. The number of imide groups is 1. The zero-order chi connectivity index (χ0) is 18.0. The molecule has 7 nitrogen and oxygen atoms in total. The predicted octanol–water partition coefficient (Wildman–Crippen LogP) is 0.534. The van der Waals surface area contributed by atoms with Gasteiger partial charge in [0.05, 0.1) is 5.56 Å². The van der Waals surface area contributed by atoms with E-state index in [2.05, 4.69) is 10.6 Å². The van der Waals surface area contributed by atoms with E-state index in [1.54, 1.807) is 6.07 Å².